The number of nitrogens with zero attached hydrogens (tertiary/aromatic N) is 7. The summed E-state index contributed by atoms with van der Waals surface area (Å²) in [5.41, 5.74) is 2.27. The molecule has 0 radical (unpaired) electrons. The topological polar surface area (TPSA) is 91.6 Å². The van der Waals surface area contributed by atoms with Crippen LogP contribution in [0, 0.1) is 17.9 Å². The smallest absolute Gasteiger partial charge is 0.271 e. The molecule has 4 rings (SSSR count). The molecule has 1 aliphatic rings. The second-order valence-electron chi connectivity index (χ2n) is 8.69. The van der Waals surface area contributed by atoms with Gasteiger partial charge in [-0.2, -0.15) is 5.26 Å². The first kappa shape index (κ1) is 23.2. The number of nitriles is 1. The van der Waals surface area contributed by atoms with E-state index in [1.54, 1.807) is 32.5 Å². The molecule has 0 N–H and O–H groups in total. The number of aromatic nitrogens is 3. The number of piperazine rings is 1. The number of hydrogen-bond acceptors (Lipinski definition) is 7. The first-order valence-electron chi connectivity index (χ1n) is 11.1. The van der Waals surface area contributed by atoms with Gasteiger partial charge in [0.2, 0.25) is 5.52 Å². The van der Waals surface area contributed by atoms with Crippen molar-refractivity contribution in [3.8, 4) is 11.8 Å². The van der Waals surface area contributed by atoms with E-state index in [0.717, 1.165) is 11.4 Å². The van der Waals surface area contributed by atoms with Crippen molar-refractivity contribution >= 4 is 22.5 Å². The first-order valence-corrected chi connectivity index (χ1v) is 11.1. The predicted octanol–water partition coefficient (Wildman–Crippen LogP) is 3.42. The highest BCUT2D eigenvalue weighted by Crippen LogP contribution is 2.34. The van der Waals surface area contributed by atoms with E-state index in [4.69, 9.17) is 11.3 Å². The van der Waals surface area contributed by atoms with Crippen LogP contribution in [-0.2, 0) is 7.05 Å². The lowest BCUT2D eigenvalue weighted by Crippen LogP contribution is -2.57. The number of methoxy groups -OCH3 is 1. The SMILES string of the molecule is [C-]#[N+]c1ccc2c(n1)c(N1C[C@@H](C)N(C(C)c3ccc(OC)cn3)C[C@@H]1C)c(C#N)c(=O)n2C. The molecule has 174 valence electrons. The molecule has 3 atom stereocenters. The maximum absolute atomic E-state index is 13.0. The molecule has 0 saturated carbocycles. The van der Waals surface area contributed by atoms with E-state index in [0.29, 0.717) is 29.8 Å². The Morgan fingerprint density at radius 2 is 2.00 bits per heavy atom. The summed E-state index contributed by atoms with van der Waals surface area (Å²) in [6, 6.07) is 9.51. The third-order valence-electron chi connectivity index (χ3n) is 6.67. The van der Waals surface area contributed by atoms with Crippen LogP contribution in [0.5, 0.6) is 5.75 Å². The number of anilines is 1. The zero-order valence-corrected chi connectivity index (χ0v) is 20.0. The second-order valence-corrected chi connectivity index (χ2v) is 8.69. The lowest BCUT2D eigenvalue weighted by atomic mass is 10.0. The molecule has 9 heteroatoms. The molecule has 1 fully saturated rings. The van der Waals surface area contributed by atoms with Crippen molar-refractivity contribution in [2.75, 3.05) is 25.1 Å². The molecule has 0 spiro atoms. The summed E-state index contributed by atoms with van der Waals surface area (Å²) in [5.74, 6) is 0.949. The molecule has 0 aromatic carbocycles. The molecule has 9 nitrogen and oxygen atoms in total. The molecule has 1 aliphatic heterocycles. The minimum atomic E-state index is -0.361. The molecule has 1 saturated heterocycles. The quantitative estimate of drug-likeness (QED) is 0.554. The van der Waals surface area contributed by atoms with Crippen molar-refractivity contribution in [3.05, 3.63) is 63.5 Å². The van der Waals surface area contributed by atoms with Crippen LogP contribution in [0.3, 0.4) is 0 Å². The van der Waals surface area contributed by atoms with Crippen molar-refractivity contribution in [2.45, 2.75) is 38.9 Å². The summed E-state index contributed by atoms with van der Waals surface area (Å²) in [4.78, 5) is 30.0. The van der Waals surface area contributed by atoms with Gasteiger partial charge in [0.05, 0.1) is 24.5 Å². The fourth-order valence-electron chi connectivity index (χ4n) is 4.76. The maximum atomic E-state index is 13.0. The van der Waals surface area contributed by atoms with Gasteiger partial charge in [0.25, 0.3) is 11.4 Å². The van der Waals surface area contributed by atoms with Crippen molar-refractivity contribution in [1.82, 2.24) is 19.4 Å². The Bertz CT molecular complexity index is 1370. The summed E-state index contributed by atoms with van der Waals surface area (Å²) in [6.45, 7) is 15.0. The molecule has 4 heterocycles. The minimum absolute atomic E-state index is 0.00213. The van der Waals surface area contributed by atoms with Crippen LogP contribution < -0.4 is 15.2 Å². The highest BCUT2D eigenvalue weighted by molar-refractivity contribution is 5.93. The van der Waals surface area contributed by atoms with E-state index in [2.05, 4.69) is 51.5 Å². The molecular weight excluding hydrogens is 430 g/mol. The molecule has 0 amide bonds. The van der Waals surface area contributed by atoms with Gasteiger partial charge in [-0.15, -0.1) is 4.98 Å². The van der Waals surface area contributed by atoms with E-state index in [-0.39, 0.29) is 35.1 Å². The van der Waals surface area contributed by atoms with Crippen molar-refractivity contribution in [2.24, 2.45) is 7.05 Å². The fraction of sp³-hybridized carbons (Fsp3) is 0.400. The van der Waals surface area contributed by atoms with Gasteiger partial charge >= 0.3 is 0 Å². The van der Waals surface area contributed by atoms with E-state index >= 15 is 0 Å². The number of aryl methyl sites for hydroxylation is 1. The molecule has 0 aliphatic carbocycles. The van der Waals surface area contributed by atoms with Crippen molar-refractivity contribution in [3.63, 3.8) is 0 Å². The average molecular weight is 458 g/mol. The van der Waals surface area contributed by atoms with Crippen LogP contribution in [0.4, 0.5) is 11.5 Å². The van der Waals surface area contributed by atoms with Crippen LogP contribution in [0.1, 0.15) is 38.1 Å². The zero-order valence-electron chi connectivity index (χ0n) is 20.0. The zero-order chi connectivity index (χ0) is 24.6. The number of ether oxygens (including phenoxy) is 1. The first-order chi connectivity index (χ1) is 16.3. The van der Waals surface area contributed by atoms with Crippen LogP contribution in [-0.4, -0.2) is 51.7 Å². The largest absolute Gasteiger partial charge is 0.495 e. The fourth-order valence-corrected chi connectivity index (χ4v) is 4.76. The number of pyridine rings is 3. The third-order valence-corrected chi connectivity index (χ3v) is 6.67. The van der Waals surface area contributed by atoms with E-state index < -0.39 is 0 Å². The molecule has 3 aromatic rings. The van der Waals surface area contributed by atoms with Gasteiger partial charge in [0.1, 0.15) is 23.1 Å². The average Bonchev–Trinajstić information content (AvgIpc) is 2.86. The summed E-state index contributed by atoms with van der Waals surface area (Å²) >= 11 is 0. The number of fused-ring (bicyclic) bond motifs is 1. The third kappa shape index (κ3) is 3.85. The highest BCUT2D eigenvalue weighted by Gasteiger charge is 2.36. The summed E-state index contributed by atoms with van der Waals surface area (Å²) in [7, 11) is 3.25. The molecule has 1 unspecified atom stereocenters. The van der Waals surface area contributed by atoms with Crippen LogP contribution in [0.15, 0.2) is 35.3 Å². The Hall–Kier alpha value is -3.95. The van der Waals surface area contributed by atoms with Crippen LogP contribution in [0.2, 0.25) is 0 Å². The monoisotopic (exact) mass is 457 g/mol. The normalized spacial score (nSPS) is 19.4. The summed E-state index contributed by atoms with van der Waals surface area (Å²) in [5, 5.41) is 9.92. The molecule has 34 heavy (non-hydrogen) atoms. The lowest BCUT2D eigenvalue weighted by molar-refractivity contribution is 0.117. The van der Waals surface area contributed by atoms with E-state index in [1.807, 2.05) is 12.1 Å². The molecular formula is C25H27N7O2. The summed E-state index contributed by atoms with van der Waals surface area (Å²) in [6.07, 6.45) is 1.72. The van der Waals surface area contributed by atoms with Crippen molar-refractivity contribution in [1.29, 1.82) is 5.26 Å². The van der Waals surface area contributed by atoms with Crippen LogP contribution >= 0.6 is 0 Å². The van der Waals surface area contributed by atoms with Crippen LogP contribution in [0.25, 0.3) is 15.9 Å². The summed E-state index contributed by atoms with van der Waals surface area (Å²) < 4.78 is 6.66. The van der Waals surface area contributed by atoms with E-state index in [9.17, 15) is 10.1 Å². The number of rotatable bonds is 4. The minimum Gasteiger partial charge on any atom is -0.495 e. The molecule has 3 aromatic heterocycles. The number of hydrogen-bond donors (Lipinski definition) is 0. The van der Waals surface area contributed by atoms with Gasteiger partial charge < -0.3 is 19.0 Å². The standard InChI is InChI=1S/C25H27N7O2/c1-15-14-32(16(2)13-31(15)17(3)20-8-7-18(34-6)12-28-20)24-19(11-26)25(33)30(5)21-9-10-22(27-4)29-23(21)24/h7-10,12,15-17H,13-14H2,1-3,5-6H3/t15-,16+,17?/m1/s1. The Kier molecular flexibility index (Phi) is 6.23. The van der Waals surface area contributed by atoms with Gasteiger partial charge in [0.15, 0.2) is 0 Å². The highest BCUT2D eigenvalue weighted by atomic mass is 16.5. The van der Waals surface area contributed by atoms with Gasteiger partial charge in [-0.25, -0.2) is 0 Å². The van der Waals surface area contributed by atoms with Gasteiger partial charge in [-0.05, 0) is 45.0 Å². The van der Waals surface area contributed by atoms with Crippen molar-refractivity contribution < 1.29 is 4.74 Å². The van der Waals surface area contributed by atoms with Gasteiger partial charge in [-0.1, -0.05) is 6.57 Å². The predicted molar refractivity (Wildman–Crippen MR) is 130 cm³/mol. The molecule has 0 bridgehead atoms. The Balaban J connectivity index is 1.75. The maximum Gasteiger partial charge on any atom is 0.271 e. The Morgan fingerprint density at radius 1 is 1.24 bits per heavy atom. The lowest BCUT2D eigenvalue weighted by Gasteiger charge is -2.47. The van der Waals surface area contributed by atoms with Gasteiger partial charge in [-0.3, -0.25) is 14.7 Å². The van der Waals surface area contributed by atoms with Gasteiger partial charge in [0, 0.05) is 38.3 Å². The Morgan fingerprint density at radius 3 is 2.62 bits per heavy atom. The Labute approximate surface area is 198 Å². The second kappa shape index (κ2) is 9.12. The van der Waals surface area contributed by atoms with E-state index in [1.165, 1.54) is 4.57 Å².